The van der Waals surface area contributed by atoms with Gasteiger partial charge in [-0.25, -0.2) is 4.79 Å². The minimum absolute atomic E-state index is 0.128. The molecule has 0 radical (unpaired) electrons. The Hall–Kier alpha value is -2.83. The highest BCUT2D eigenvalue weighted by Crippen LogP contribution is 2.33. The van der Waals surface area contributed by atoms with Crippen LogP contribution in [0.5, 0.6) is 11.6 Å². The van der Waals surface area contributed by atoms with Crippen molar-refractivity contribution < 1.29 is 9.53 Å². The molecular formula is C22H29N3O4. The Kier molecular flexibility index (Phi) is 7.27. The summed E-state index contributed by atoms with van der Waals surface area (Å²) in [5, 5.41) is 2.96. The summed E-state index contributed by atoms with van der Waals surface area (Å²) in [7, 11) is 0. The fourth-order valence-electron chi connectivity index (χ4n) is 3.56. The largest absolute Gasteiger partial charge is 0.440 e. The van der Waals surface area contributed by atoms with Crippen molar-refractivity contribution in [3.63, 3.8) is 0 Å². The summed E-state index contributed by atoms with van der Waals surface area (Å²) in [6.07, 6.45) is 10.1. The summed E-state index contributed by atoms with van der Waals surface area (Å²) in [6.45, 7) is 2.88. The quantitative estimate of drug-likeness (QED) is 0.453. The highest BCUT2D eigenvalue weighted by atomic mass is 16.5. The van der Waals surface area contributed by atoms with Crippen LogP contribution in [0.15, 0.2) is 27.8 Å². The monoisotopic (exact) mass is 399 g/mol. The van der Waals surface area contributed by atoms with Crippen LogP contribution in [0.25, 0.3) is 0 Å². The maximum Gasteiger partial charge on any atom is 0.328 e. The maximum absolute atomic E-state index is 12.4. The first kappa shape index (κ1) is 20.9. The van der Waals surface area contributed by atoms with E-state index in [0.717, 1.165) is 18.4 Å². The lowest BCUT2D eigenvalue weighted by Crippen LogP contribution is -2.28. The SMILES string of the molecule is CCCCCCCCCCNC(=O)c1ccc2c(c1)Cc1c([nH]c(=O)[nH]c1=O)O2. The van der Waals surface area contributed by atoms with Crippen LogP contribution in [0, 0.1) is 0 Å². The predicted octanol–water partition coefficient (Wildman–Crippen LogP) is 3.63. The van der Waals surface area contributed by atoms with E-state index in [2.05, 4.69) is 22.2 Å². The summed E-state index contributed by atoms with van der Waals surface area (Å²) < 4.78 is 5.63. The molecule has 3 N–H and O–H groups in total. The van der Waals surface area contributed by atoms with E-state index in [1.165, 1.54) is 38.5 Å². The van der Waals surface area contributed by atoms with Gasteiger partial charge in [0.15, 0.2) is 0 Å². The number of benzene rings is 1. The molecule has 0 bridgehead atoms. The smallest absolute Gasteiger partial charge is 0.328 e. The number of rotatable bonds is 10. The van der Waals surface area contributed by atoms with Crippen molar-refractivity contribution >= 4 is 5.91 Å². The first-order valence-electron chi connectivity index (χ1n) is 10.5. The van der Waals surface area contributed by atoms with Crippen molar-refractivity contribution in [3.8, 4) is 11.6 Å². The third kappa shape index (κ3) is 5.59. The van der Waals surface area contributed by atoms with Gasteiger partial charge < -0.3 is 10.1 Å². The van der Waals surface area contributed by atoms with Gasteiger partial charge in [-0.15, -0.1) is 0 Å². The molecule has 2 heterocycles. The number of hydrogen-bond acceptors (Lipinski definition) is 4. The van der Waals surface area contributed by atoms with Gasteiger partial charge in [-0.3, -0.25) is 19.6 Å². The number of aromatic amines is 2. The van der Waals surface area contributed by atoms with Crippen LogP contribution in [-0.4, -0.2) is 22.4 Å². The number of H-pyrrole nitrogens is 2. The molecule has 0 atom stereocenters. The number of carbonyl (C=O) groups is 1. The average Bonchev–Trinajstić information content (AvgIpc) is 2.70. The van der Waals surface area contributed by atoms with E-state index >= 15 is 0 Å². The lowest BCUT2D eigenvalue weighted by Gasteiger charge is -2.19. The molecule has 1 aliphatic heterocycles. The van der Waals surface area contributed by atoms with Crippen molar-refractivity contribution in [1.82, 2.24) is 15.3 Å². The maximum atomic E-state index is 12.4. The molecule has 0 unspecified atom stereocenters. The van der Waals surface area contributed by atoms with Crippen molar-refractivity contribution in [2.24, 2.45) is 0 Å². The first-order chi connectivity index (χ1) is 14.1. The first-order valence-corrected chi connectivity index (χ1v) is 10.5. The molecule has 2 aromatic rings. The van der Waals surface area contributed by atoms with Crippen LogP contribution in [0.2, 0.25) is 0 Å². The van der Waals surface area contributed by atoms with Crippen LogP contribution in [0.4, 0.5) is 0 Å². The van der Waals surface area contributed by atoms with Gasteiger partial charge in [-0.2, -0.15) is 0 Å². The molecule has 0 spiro atoms. The molecule has 7 nitrogen and oxygen atoms in total. The molecule has 7 heteroatoms. The molecule has 3 rings (SSSR count). The summed E-state index contributed by atoms with van der Waals surface area (Å²) in [5.41, 5.74) is 0.563. The minimum Gasteiger partial charge on any atom is -0.440 e. The molecule has 0 fully saturated rings. The normalized spacial score (nSPS) is 12.0. The van der Waals surface area contributed by atoms with Gasteiger partial charge in [0, 0.05) is 24.1 Å². The number of aromatic nitrogens is 2. The molecule has 0 aliphatic carbocycles. The molecule has 1 amide bonds. The van der Waals surface area contributed by atoms with Crippen LogP contribution < -0.4 is 21.3 Å². The number of ether oxygens (including phenoxy) is 1. The van der Waals surface area contributed by atoms with Crippen molar-refractivity contribution in [2.75, 3.05) is 6.54 Å². The zero-order valence-corrected chi connectivity index (χ0v) is 16.9. The molecule has 29 heavy (non-hydrogen) atoms. The Bertz CT molecular complexity index is 961. The standard InChI is InChI=1S/C22H29N3O4/c1-2-3-4-5-6-7-8-9-12-23-19(26)15-10-11-18-16(13-15)14-17-20(27)24-22(28)25-21(17)29-18/h10-11,13H,2-9,12,14H2,1H3,(H,23,26)(H2,24,25,27,28). The van der Waals surface area contributed by atoms with E-state index < -0.39 is 11.2 Å². The minimum atomic E-state index is -0.603. The zero-order valence-electron chi connectivity index (χ0n) is 16.9. The third-order valence-electron chi connectivity index (χ3n) is 5.22. The Morgan fingerprint density at radius 3 is 2.52 bits per heavy atom. The van der Waals surface area contributed by atoms with Crippen molar-refractivity contribution in [3.05, 3.63) is 55.7 Å². The van der Waals surface area contributed by atoms with Gasteiger partial charge in [0.05, 0.1) is 5.56 Å². The highest BCUT2D eigenvalue weighted by Gasteiger charge is 2.22. The van der Waals surface area contributed by atoms with Gasteiger partial charge in [-0.1, -0.05) is 51.9 Å². The van der Waals surface area contributed by atoms with E-state index in [9.17, 15) is 14.4 Å². The molecule has 1 aromatic heterocycles. The van der Waals surface area contributed by atoms with E-state index in [0.29, 0.717) is 29.8 Å². The Morgan fingerprint density at radius 1 is 1.03 bits per heavy atom. The topological polar surface area (TPSA) is 104 Å². The van der Waals surface area contributed by atoms with Crippen molar-refractivity contribution in [1.29, 1.82) is 0 Å². The van der Waals surface area contributed by atoms with Crippen LogP contribution >= 0.6 is 0 Å². The fourth-order valence-corrected chi connectivity index (χ4v) is 3.56. The number of carbonyl (C=O) groups excluding carboxylic acids is 1. The number of amides is 1. The molecule has 156 valence electrons. The van der Waals surface area contributed by atoms with Crippen LogP contribution in [0.3, 0.4) is 0 Å². The van der Waals surface area contributed by atoms with Gasteiger partial charge in [-0.05, 0) is 24.6 Å². The molecule has 0 saturated heterocycles. The van der Waals surface area contributed by atoms with E-state index in [1.54, 1.807) is 18.2 Å². The average molecular weight is 399 g/mol. The molecule has 1 aliphatic rings. The lowest BCUT2D eigenvalue weighted by atomic mass is 10.0. The van der Waals surface area contributed by atoms with Gasteiger partial charge in [0.25, 0.3) is 11.5 Å². The molecule has 0 saturated carbocycles. The number of nitrogens with one attached hydrogen (secondary N) is 3. The second-order valence-electron chi connectivity index (χ2n) is 7.55. The Morgan fingerprint density at radius 2 is 1.76 bits per heavy atom. The van der Waals surface area contributed by atoms with E-state index in [1.807, 2.05) is 0 Å². The lowest BCUT2D eigenvalue weighted by molar-refractivity contribution is 0.0953. The van der Waals surface area contributed by atoms with Gasteiger partial charge in [0.1, 0.15) is 5.75 Å². The fraction of sp³-hybridized carbons (Fsp3) is 0.500. The van der Waals surface area contributed by atoms with Gasteiger partial charge >= 0.3 is 5.69 Å². The number of fused-ring (bicyclic) bond motifs is 2. The molecule has 1 aromatic carbocycles. The summed E-state index contributed by atoms with van der Waals surface area (Å²) >= 11 is 0. The summed E-state index contributed by atoms with van der Waals surface area (Å²) in [6, 6.07) is 5.13. The second-order valence-corrected chi connectivity index (χ2v) is 7.55. The number of hydrogen-bond donors (Lipinski definition) is 3. The Labute approximate surface area is 169 Å². The highest BCUT2D eigenvalue weighted by molar-refractivity contribution is 5.94. The summed E-state index contributed by atoms with van der Waals surface area (Å²) in [5.74, 6) is 0.577. The van der Waals surface area contributed by atoms with Crippen LogP contribution in [-0.2, 0) is 6.42 Å². The number of unbranched alkanes of at least 4 members (excludes halogenated alkanes) is 7. The van der Waals surface area contributed by atoms with Crippen molar-refractivity contribution in [2.45, 2.75) is 64.7 Å². The second kappa shape index (κ2) is 10.1. The predicted molar refractivity (Wildman–Crippen MR) is 112 cm³/mol. The van der Waals surface area contributed by atoms with Crippen LogP contribution in [0.1, 0.15) is 79.8 Å². The third-order valence-corrected chi connectivity index (χ3v) is 5.22. The van der Waals surface area contributed by atoms with E-state index in [4.69, 9.17) is 4.74 Å². The summed E-state index contributed by atoms with van der Waals surface area (Å²) in [4.78, 5) is 40.5. The molecular weight excluding hydrogens is 370 g/mol. The van der Waals surface area contributed by atoms with E-state index in [-0.39, 0.29) is 11.8 Å². The zero-order chi connectivity index (χ0) is 20.6. The van der Waals surface area contributed by atoms with Gasteiger partial charge in [0.2, 0.25) is 5.88 Å². The Balaban J connectivity index is 1.48.